The number of pyridine rings is 1. The van der Waals surface area contributed by atoms with E-state index in [-0.39, 0.29) is 11.6 Å². The number of carbonyl (C=O) groups is 1. The Hall–Kier alpha value is -4.86. The van der Waals surface area contributed by atoms with E-state index < -0.39 is 11.0 Å². The number of non-ortho nitro benzene ring substituents is 1. The van der Waals surface area contributed by atoms with Crippen molar-refractivity contribution < 1.29 is 9.72 Å². The summed E-state index contributed by atoms with van der Waals surface area (Å²) in [5.74, 6) is 0.455. The molecule has 2 aromatic heterocycles. The molecule has 0 saturated carbocycles. The number of benzene rings is 2. The molecule has 0 fully saturated rings. The largest absolute Gasteiger partial charge is 0.328 e. The lowest BCUT2D eigenvalue weighted by atomic mass is 9.94. The van der Waals surface area contributed by atoms with Gasteiger partial charge in [-0.15, -0.1) is 5.10 Å². The van der Waals surface area contributed by atoms with Gasteiger partial charge < -0.3 is 10.6 Å². The molecule has 3 heterocycles. The highest BCUT2D eigenvalue weighted by Crippen LogP contribution is 2.37. The van der Waals surface area contributed by atoms with Crippen LogP contribution in [-0.4, -0.2) is 30.6 Å². The molecule has 2 aromatic carbocycles. The zero-order chi connectivity index (χ0) is 24.5. The summed E-state index contributed by atoms with van der Waals surface area (Å²) in [5, 5.41) is 22.0. The SMILES string of the molecule is CC1=C(C(=O)Nc2cccnc2)C(c2cccc(C)c2)n2nc(-c3cccc([N+](=O)[O-])c3)nc2N1. The number of nitro benzene ring substituents is 1. The summed E-state index contributed by atoms with van der Waals surface area (Å²) < 4.78 is 1.65. The molecular weight excluding hydrogens is 446 g/mol. The monoisotopic (exact) mass is 467 g/mol. The fourth-order valence-corrected chi connectivity index (χ4v) is 4.11. The second-order valence-electron chi connectivity index (χ2n) is 8.19. The van der Waals surface area contributed by atoms with Crippen molar-refractivity contribution in [3.05, 3.63) is 106 Å². The minimum Gasteiger partial charge on any atom is -0.328 e. The average Bonchev–Trinajstić information content (AvgIpc) is 3.27. The third kappa shape index (κ3) is 4.24. The number of aromatic nitrogens is 4. The van der Waals surface area contributed by atoms with Crippen molar-refractivity contribution in [3.63, 3.8) is 0 Å². The number of hydrogen-bond donors (Lipinski definition) is 2. The molecule has 10 nitrogen and oxygen atoms in total. The van der Waals surface area contributed by atoms with Crippen molar-refractivity contribution >= 4 is 23.2 Å². The van der Waals surface area contributed by atoms with Crippen LogP contribution in [-0.2, 0) is 4.79 Å². The Morgan fingerprint density at radius 1 is 1.11 bits per heavy atom. The van der Waals surface area contributed by atoms with Crippen LogP contribution in [0.2, 0.25) is 0 Å². The second-order valence-corrected chi connectivity index (χ2v) is 8.19. The van der Waals surface area contributed by atoms with Crippen molar-refractivity contribution in [3.8, 4) is 11.4 Å². The van der Waals surface area contributed by atoms with Gasteiger partial charge in [0, 0.05) is 29.6 Å². The molecule has 4 aromatic rings. The molecule has 1 amide bonds. The smallest absolute Gasteiger partial charge is 0.270 e. The van der Waals surface area contributed by atoms with Crippen LogP contribution in [0.1, 0.15) is 24.1 Å². The van der Waals surface area contributed by atoms with Gasteiger partial charge in [-0.25, -0.2) is 4.68 Å². The number of anilines is 2. The first-order valence-electron chi connectivity index (χ1n) is 10.9. The van der Waals surface area contributed by atoms with E-state index >= 15 is 0 Å². The van der Waals surface area contributed by atoms with Crippen molar-refractivity contribution in [2.45, 2.75) is 19.9 Å². The number of allylic oxidation sites excluding steroid dienone is 1. The maximum atomic E-state index is 13.5. The highest BCUT2D eigenvalue weighted by atomic mass is 16.6. The molecule has 0 spiro atoms. The van der Waals surface area contributed by atoms with Gasteiger partial charge >= 0.3 is 0 Å². The Morgan fingerprint density at radius 3 is 2.69 bits per heavy atom. The number of hydrogen-bond acceptors (Lipinski definition) is 7. The summed E-state index contributed by atoms with van der Waals surface area (Å²) in [4.78, 5) is 32.9. The number of aryl methyl sites for hydroxylation is 1. The highest BCUT2D eigenvalue weighted by molar-refractivity contribution is 6.05. The average molecular weight is 467 g/mol. The number of amides is 1. The first-order chi connectivity index (χ1) is 16.9. The van der Waals surface area contributed by atoms with Gasteiger partial charge in [0.2, 0.25) is 5.95 Å². The normalized spacial score (nSPS) is 14.7. The van der Waals surface area contributed by atoms with Crippen molar-refractivity contribution in [1.29, 1.82) is 0 Å². The summed E-state index contributed by atoms with van der Waals surface area (Å²) in [6.07, 6.45) is 3.21. The summed E-state index contributed by atoms with van der Waals surface area (Å²) in [7, 11) is 0. The predicted octanol–water partition coefficient (Wildman–Crippen LogP) is 4.48. The van der Waals surface area contributed by atoms with Crippen LogP contribution in [0.5, 0.6) is 0 Å². The van der Waals surface area contributed by atoms with Crippen LogP contribution in [0, 0.1) is 17.0 Å². The van der Waals surface area contributed by atoms with E-state index in [4.69, 9.17) is 0 Å². The van der Waals surface area contributed by atoms with Gasteiger partial charge in [-0.2, -0.15) is 4.98 Å². The third-order valence-corrected chi connectivity index (χ3v) is 5.69. The van der Waals surface area contributed by atoms with Crippen LogP contribution in [0.3, 0.4) is 0 Å². The quantitative estimate of drug-likeness (QED) is 0.327. The summed E-state index contributed by atoms with van der Waals surface area (Å²) in [6, 6.07) is 16.9. The number of fused-ring (bicyclic) bond motifs is 1. The van der Waals surface area contributed by atoms with Gasteiger partial charge in [-0.05, 0) is 31.5 Å². The molecule has 0 saturated heterocycles. The Morgan fingerprint density at radius 2 is 1.94 bits per heavy atom. The van der Waals surface area contributed by atoms with E-state index in [1.807, 2.05) is 38.1 Å². The second kappa shape index (κ2) is 8.82. The van der Waals surface area contributed by atoms with E-state index in [1.54, 1.807) is 41.3 Å². The summed E-state index contributed by atoms with van der Waals surface area (Å²) >= 11 is 0. The lowest BCUT2D eigenvalue weighted by Gasteiger charge is -2.28. The van der Waals surface area contributed by atoms with Crippen LogP contribution in [0.25, 0.3) is 11.4 Å². The minimum atomic E-state index is -0.567. The Kier molecular flexibility index (Phi) is 5.54. The Bertz CT molecular complexity index is 1480. The maximum Gasteiger partial charge on any atom is 0.270 e. The van der Waals surface area contributed by atoms with Crippen molar-refractivity contribution in [1.82, 2.24) is 19.7 Å². The maximum absolute atomic E-state index is 13.5. The highest BCUT2D eigenvalue weighted by Gasteiger charge is 2.34. The first-order valence-corrected chi connectivity index (χ1v) is 10.9. The molecule has 2 N–H and O–H groups in total. The molecular formula is C25H21N7O3. The standard InChI is InChI=1S/C25H21N7O3/c1-15-6-3-7-17(12-15)22-21(24(33)28-19-9-5-11-26-14-19)16(2)27-25-29-23(30-31(22)25)18-8-4-10-20(13-18)32(34)35/h3-14,22H,1-2H3,(H,28,33)(H,27,29,30). The zero-order valence-electron chi connectivity index (χ0n) is 19.0. The molecule has 10 heteroatoms. The van der Waals surface area contributed by atoms with Gasteiger partial charge in [0.1, 0.15) is 6.04 Å². The lowest BCUT2D eigenvalue weighted by Crippen LogP contribution is -2.31. The van der Waals surface area contributed by atoms with E-state index in [9.17, 15) is 14.9 Å². The van der Waals surface area contributed by atoms with Gasteiger partial charge in [0.05, 0.1) is 22.4 Å². The lowest BCUT2D eigenvalue weighted by molar-refractivity contribution is -0.384. The molecule has 5 rings (SSSR count). The number of nitrogens with zero attached hydrogens (tertiary/aromatic N) is 5. The van der Waals surface area contributed by atoms with E-state index in [0.717, 1.165) is 11.1 Å². The Labute approximate surface area is 200 Å². The molecule has 0 bridgehead atoms. The first kappa shape index (κ1) is 22.0. The van der Waals surface area contributed by atoms with Gasteiger partial charge in [-0.3, -0.25) is 19.9 Å². The number of carbonyl (C=O) groups excluding carboxylic acids is 1. The van der Waals surface area contributed by atoms with Crippen LogP contribution >= 0.6 is 0 Å². The third-order valence-electron chi connectivity index (χ3n) is 5.69. The van der Waals surface area contributed by atoms with Gasteiger partial charge in [0.25, 0.3) is 11.6 Å². The molecule has 0 radical (unpaired) electrons. The van der Waals surface area contributed by atoms with E-state index in [2.05, 4.69) is 25.7 Å². The minimum absolute atomic E-state index is 0.0516. The molecule has 35 heavy (non-hydrogen) atoms. The van der Waals surface area contributed by atoms with E-state index in [0.29, 0.717) is 34.3 Å². The van der Waals surface area contributed by atoms with Crippen LogP contribution in [0.4, 0.5) is 17.3 Å². The van der Waals surface area contributed by atoms with Crippen LogP contribution < -0.4 is 10.6 Å². The van der Waals surface area contributed by atoms with Crippen molar-refractivity contribution in [2.24, 2.45) is 0 Å². The predicted molar refractivity (Wildman–Crippen MR) is 131 cm³/mol. The molecule has 0 aliphatic carbocycles. The number of nitrogens with one attached hydrogen (secondary N) is 2. The molecule has 1 unspecified atom stereocenters. The number of nitro groups is 1. The molecule has 1 aliphatic rings. The zero-order valence-corrected chi connectivity index (χ0v) is 19.0. The summed E-state index contributed by atoms with van der Waals surface area (Å²) in [5.41, 5.74) is 4.02. The summed E-state index contributed by atoms with van der Waals surface area (Å²) in [6.45, 7) is 3.79. The van der Waals surface area contributed by atoms with Crippen LogP contribution in [0.15, 0.2) is 84.3 Å². The van der Waals surface area contributed by atoms with E-state index in [1.165, 1.54) is 12.1 Å². The van der Waals surface area contributed by atoms with Crippen molar-refractivity contribution in [2.75, 3.05) is 10.6 Å². The molecule has 1 aliphatic heterocycles. The van der Waals surface area contributed by atoms with Gasteiger partial charge in [0.15, 0.2) is 5.82 Å². The topological polar surface area (TPSA) is 128 Å². The fraction of sp³-hybridized carbons (Fsp3) is 0.120. The molecule has 1 atom stereocenters. The molecule has 174 valence electrons. The fourth-order valence-electron chi connectivity index (χ4n) is 4.11. The van der Waals surface area contributed by atoms with Gasteiger partial charge in [-0.1, -0.05) is 42.0 Å². The number of rotatable bonds is 5. The Balaban J connectivity index is 1.61.